The van der Waals surface area contributed by atoms with Crippen LogP contribution in [-0.4, -0.2) is 39.9 Å². The lowest BCUT2D eigenvalue weighted by molar-refractivity contribution is 0.0775. The van der Waals surface area contributed by atoms with Crippen LogP contribution >= 0.6 is 0 Å². The van der Waals surface area contributed by atoms with Crippen LogP contribution in [0.25, 0.3) is 0 Å². The molecule has 0 unspecified atom stereocenters. The van der Waals surface area contributed by atoms with Gasteiger partial charge in [-0.25, -0.2) is 4.98 Å². The molecule has 0 bridgehead atoms. The van der Waals surface area contributed by atoms with Gasteiger partial charge in [-0.3, -0.25) is 9.59 Å². The molecule has 0 radical (unpaired) electrons. The lowest BCUT2D eigenvalue weighted by Crippen LogP contribution is -2.31. The molecule has 1 N–H and O–H groups in total. The first-order chi connectivity index (χ1) is 14.0. The molecule has 1 aromatic carbocycles. The Labute approximate surface area is 173 Å². The van der Waals surface area contributed by atoms with Crippen molar-refractivity contribution >= 4 is 17.5 Å². The Bertz CT molecular complexity index is 901. The summed E-state index contributed by atoms with van der Waals surface area (Å²) in [5.41, 5.74) is 4.25. The van der Waals surface area contributed by atoms with Crippen molar-refractivity contribution in [3.05, 3.63) is 46.5 Å². The zero-order chi connectivity index (χ0) is 21.0. The van der Waals surface area contributed by atoms with E-state index >= 15 is 0 Å². The second kappa shape index (κ2) is 9.25. The molecule has 1 aliphatic heterocycles. The van der Waals surface area contributed by atoms with E-state index in [2.05, 4.69) is 24.1 Å². The number of anilines is 1. The number of benzene rings is 1. The number of nitrogens with zero attached hydrogens (tertiary/aromatic N) is 3. The van der Waals surface area contributed by atoms with Gasteiger partial charge < -0.3 is 14.8 Å². The fourth-order valence-electron chi connectivity index (χ4n) is 3.93. The molecule has 0 fully saturated rings. The normalized spacial score (nSPS) is 13.1. The number of carbonyl (C=O) groups is 2. The van der Waals surface area contributed by atoms with Gasteiger partial charge in [-0.05, 0) is 50.2 Å². The average Bonchev–Trinajstić information content (AvgIpc) is 3.12. The van der Waals surface area contributed by atoms with Crippen molar-refractivity contribution in [3.8, 4) is 0 Å². The molecule has 2 aromatic rings. The highest BCUT2D eigenvalue weighted by Gasteiger charge is 2.29. The van der Waals surface area contributed by atoms with E-state index in [9.17, 15) is 9.59 Å². The van der Waals surface area contributed by atoms with E-state index in [1.807, 2.05) is 36.7 Å². The van der Waals surface area contributed by atoms with Gasteiger partial charge >= 0.3 is 0 Å². The van der Waals surface area contributed by atoms with Gasteiger partial charge in [0.25, 0.3) is 11.8 Å². The summed E-state index contributed by atoms with van der Waals surface area (Å²) in [6, 6.07) is 6.03. The summed E-state index contributed by atoms with van der Waals surface area (Å²) in [5.74, 6) is 0.0599. The number of rotatable bonds is 7. The van der Waals surface area contributed by atoms with Gasteiger partial charge in [0.05, 0.1) is 5.69 Å². The van der Waals surface area contributed by atoms with Crippen molar-refractivity contribution in [3.63, 3.8) is 0 Å². The van der Waals surface area contributed by atoms with Gasteiger partial charge in [0.2, 0.25) is 0 Å². The van der Waals surface area contributed by atoms with E-state index in [0.29, 0.717) is 18.1 Å². The molecule has 0 spiro atoms. The Morgan fingerprint density at radius 1 is 1.24 bits per heavy atom. The fraction of sp³-hybridized carbons (Fsp3) is 0.522. The Morgan fingerprint density at radius 3 is 2.76 bits per heavy atom. The monoisotopic (exact) mass is 396 g/mol. The smallest absolute Gasteiger partial charge is 0.289 e. The number of imidazole rings is 1. The Morgan fingerprint density at radius 2 is 2.03 bits per heavy atom. The van der Waals surface area contributed by atoms with E-state index in [4.69, 9.17) is 0 Å². The van der Waals surface area contributed by atoms with Crippen molar-refractivity contribution in [2.45, 2.75) is 65.8 Å². The number of aryl methyl sites for hydroxylation is 2. The van der Waals surface area contributed by atoms with Crippen molar-refractivity contribution in [2.75, 3.05) is 18.9 Å². The van der Waals surface area contributed by atoms with E-state index in [0.717, 1.165) is 67.6 Å². The van der Waals surface area contributed by atoms with Gasteiger partial charge in [0.1, 0.15) is 0 Å². The second-order valence-corrected chi connectivity index (χ2v) is 7.84. The highest BCUT2D eigenvalue weighted by molar-refractivity contribution is 6.05. The third-order valence-corrected chi connectivity index (χ3v) is 5.70. The molecule has 6 heteroatoms. The molecule has 0 atom stereocenters. The molecule has 0 aliphatic carbocycles. The number of nitrogens with one attached hydrogen (secondary N) is 1. The third-order valence-electron chi connectivity index (χ3n) is 5.70. The van der Waals surface area contributed by atoms with Gasteiger partial charge in [-0.1, -0.05) is 38.5 Å². The van der Waals surface area contributed by atoms with Crippen LogP contribution in [0.5, 0.6) is 0 Å². The predicted molar refractivity (Wildman–Crippen MR) is 116 cm³/mol. The summed E-state index contributed by atoms with van der Waals surface area (Å²) in [5, 5.41) is 3.07. The maximum atomic E-state index is 13.2. The van der Waals surface area contributed by atoms with Gasteiger partial charge in [-0.2, -0.15) is 0 Å². The fourth-order valence-corrected chi connectivity index (χ4v) is 3.93. The molecule has 1 aromatic heterocycles. The van der Waals surface area contributed by atoms with Crippen LogP contribution in [0.15, 0.2) is 18.2 Å². The molecule has 0 saturated heterocycles. The summed E-state index contributed by atoms with van der Waals surface area (Å²) >= 11 is 0. The van der Waals surface area contributed by atoms with Crippen molar-refractivity contribution in [1.29, 1.82) is 0 Å². The Balaban J connectivity index is 1.93. The zero-order valence-electron chi connectivity index (χ0n) is 18.0. The van der Waals surface area contributed by atoms with Crippen molar-refractivity contribution < 1.29 is 9.59 Å². The summed E-state index contributed by atoms with van der Waals surface area (Å²) < 4.78 is 1.96. The number of hydrogen-bond donors (Lipinski definition) is 1. The summed E-state index contributed by atoms with van der Waals surface area (Å²) in [4.78, 5) is 32.4. The standard InChI is InChI=1S/C23H32N4O2/c1-5-7-14-26(4)23(29)21-24-20(18-13-8-9-15-27(18)21)22(28)25-19-16(3)11-10-12-17(19)6-2/h10-12H,5-9,13-15H2,1-4H3,(H,25,28). The number of para-hydroxylation sites is 1. The van der Waals surface area contributed by atoms with Gasteiger partial charge in [0, 0.05) is 25.8 Å². The van der Waals surface area contributed by atoms with Crippen LogP contribution < -0.4 is 5.32 Å². The number of hydrogen-bond acceptors (Lipinski definition) is 3. The summed E-state index contributed by atoms with van der Waals surface area (Å²) in [6.07, 6.45) is 5.61. The largest absolute Gasteiger partial charge is 0.339 e. The zero-order valence-corrected chi connectivity index (χ0v) is 18.0. The predicted octanol–water partition coefficient (Wildman–Crippen LogP) is 4.21. The third kappa shape index (κ3) is 4.36. The highest BCUT2D eigenvalue weighted by Crippen LogP contribution is 2.25. The van der Waals surface area contributed by atoms with E-state index in [1.165, 1.54) is 0 Å². The quantitative estimate of drug-likeness (QED) is 0.762. The molecule has 29 heavy (non-hydrogen) atoms. The number of amides is 2. The van der Waals surface area contributed by atoms with Gasteiger partial charge in [0.15, 0.2) is 11.5 Å². The minimum absolute atomic E-state index is 0.106. The molecule has 156 valence electrons. The van der Waals surface area contributed by atoms with Crippen LogP contribution in [0.2, 0.25) is 0 Å². The lowest BCUT2D eigenvalue weighted by Gasteiger charge is -2.20. The Kier molecular flexibility index (Phi) is 6.72. The number of aromatic nitrogens is 2. The maximum absolute atomic E-state index is 13.2. The highest BCUT2D eigenvalue weighted by atomic mass is 16.2. The Hall–Kier alpha value is -2.63. The molecule has 0 saturated carbocycles. The van der Waals surface area contributed by atoms with E-state index in [-0.39, 0.29) is 11.8 Å². The van der Waals surface area contributed by atoms with Crippen LogP contribution in [0, 0.1) is 6.92 Å². The minimum atomic E-state index is -0.227. The molecule has 2 heterocycles. The van der Waals surface area contributed by atoms with Crippen LogP contribution in [-0.2, 0) is 19.4 Å². The first-order valence-electron chi connectivity index (χ1n) is 10.7. The van der Waals surface area contributed by atoms with Crippen molar-refractivity contribution in [1.82, 2.24) is 14.5 Å². The van der Waals surface area contributed by atoms with E-state index < -0.39 is 0 Å². The average molecular weight is 397 g/mol. The first-order valence-corrected chi connectivity index (χ1v) is 10.7. The van der Waals surface area contributed by atoms with E-state index in [1.54, 1.807) is 4.90 Å². The number of fused-ring (bicyclic) bond motifs is 1. The molecular weight excluding hydrogens is 364 g/mol. The molecular formula is C23H32N4O2. The summed E-state index contributed by atoms with van der Waals surface area (Å²) in [6.45, 7) is 7.61. The van der Waals surface area contributed by atoms with Crippen LogP contribution in [0.3, 0.4) is 0 Å². The topological polar surface area (TPSA) is 67.2 Å². The van der Waals surface area contributed by atoms with Crippen LogP contribution in [0.4, 0.5) is 5.69 Å². The maximum Gasteiger partial charge on any atom is 0.289 e. The van der Waals surface area contributed by atoms with Crippen LogP contribution in [0.1, 0.15) is 77.5 Å². The minimum Gasteiger partial charge on any atom is -0.339 e. The molecule has 3 rings (SSSR count). The molecule has 6 nitrogen and oxygen atoms in total. The number of unbranched alkanes of at least 4 members (excludes halogenated alkanes) is 1. The lowest BCUT2D eigenvalue weighted by atomic mass is 10.0. The summed E-state index contributed by atoms with van der Waals surface area (Å²) in [7, 11) is 1.81. The van der Waals surface area contributed by atoms with Crippen molar-refractivity contribution in [2.24, 2.45) is 0 Å². The first kappa shape index (κ1) is 21.1. The van der Waals surface area contributed by atoms with Gasteiger partial charge in [-0.15, -0.1) is 0 Å². The molecule has 2 amide bonds. The SMILES string of the molecule is CCCCN(C)C(=O)c1nc(C(=O)Nc2c(C)cccc2CC)c2n1CCCC2. The number of carbonyl (C=O) groups excluding carboxylic acids is 2. The second-order valence-electron chi connectivity index (χ2n) is 7.84. The molecule has 1 aliphatic rings.